The number of methoxy groups -OCH3 is 1. The van der Waals surface area contributed by atoms with Crippen molar-refractivity contribution in [3.8, 4) is 22.7 Å². The zero-order valence-electron chi connectivity index (χ0n) is 11.3. The molecule has 5 nitrogen and oxygen atoms in total. The van der Waals surface area contributed by atoms with E-state index in [1.165, 1.54) is 4.68 Å². The molecule has 0 saturated heterocycles. The summed E-state index contributed by atoms with van der Waals surface area (Å²) >= 11 is 6.16. The molecule has 21 heavy (non-hydrogen) atoms. The SMILES string of the molecule is COc1ccc(-c2nnn(-c3ccccc3Cl)c2N)cc1. The molecular formula is C15H13ClN4O. The molecule has 0 bridgehead atoms. The summed E-state index contributed by atoms with van der Waals surface area (Å²) in [5, 5.41) is 8.80. The van der Waals surface area contributed by atoms with Crippen molar-refractivity contribution in [1.29, 1.82) is 0 Å². The van der Waals surface area contributed by atoms with Crippen LogP contribution < -0.4 is 10.5 Å². The maximum absolute atomic E-state index is 6.16. The predicted octanol–water partition coefficient (Wildman–Crippen LogP) is 3.18. The van der Waals surface area contributed by atoms with Crippen LogP contribution >= 0.6 is 11.6 Å². The summed E-state index contributed by atoms with van der Waals surface area (Å²) in [6.45, 7) is 0. The lowest BCUT2D eigenvalue weighted by atomic mass is 10.1. The van der Waals surface area contributed by atoms with Crippen LogP contribution in [0.1, 0.15) is 0 Å². The fourth-order valence-corrected chi connectivity index (χ4v) is 2.26. The minimum absolute atomic E-state index is 0.438. The third-order valence-corrected chi connectivity index (χ3v) is 3.47. The number of nitrogens with two attached hydrogens (primary N) is 1. The first-order chi connectivity index (χ1) is 10.2. The first-order valence-electron chi connectivity index (χ1n) is 6.31. The lowest BCUT2D eigenvalue weighted by Gasteiger charge is -2.05. The van der Waals surface area contributed by atoms with E-state index in [1.807, 2.05) is 42.5 Å². The van der Waals surface area contributed by atoms with E-state index in [-0.39, 0.29) is 0 Å². The van der Waals surface area contributed by atoms with Gasteiger partial charge in [-0.2, -0.15) is 4.68 Å². The molecule has 106 valence electrons. The first-order valence-corrected chi connectivity index (χ1v) is 6.69. The predicted molar refractivity (Wildman–Crippen MR) is 82.8 cm³/mol. The Bertz CT molecular complexity index is 768. The molecule has 1 aromatic heterocycles. The van der Waals surface area contributed by atoms with E-state index in [0.717, 1.165) is 11.3 Å². The summed E-state index contributed by atoms with van der Waals surface area (Å²) in [5.41, 5.74) is 8.33. The van der Waals surface area contributed by atoms with Crippen LogP contribution in [0.15, 0.2) is 48.5 Å². The van der Waals surface area contributed by atoms with E-state index in [1.54, 1.807) is 13.2 Å². The van der Waals surface area contributed by atoms with E-state index in [2.05, 4.69) is 10.3 Å². The molecule has 0 radical (unpaired) electrons. The highest BCUT2D eigenvalue weighted by Crippen LogP contribution is 2.29. The third kappa shape index (κ3) is 2.43. The van der Waals surface area contributed by atoms with Gasteiger partial charge in [-0.25, -0.2) is 0 Å². The van der Waals surface area contributed by atoms with Crippen molar-refractivity contribution < 1.29 is 4.74 Å². The molecule has 0 fully saturated rings. The minimum Gasteiger partial charge on any atom is -0.497 e. The van der Waals surface area contributed by atoms with E-state index in [0.29, 0.717) is 22.2 Å². The largest absolute Gasteiger partial charge is 0.497 e. The van der Waals surface area contributed by atoms with Crippen molar-refractivity contribution in [2.75, 3.05) is 12.8 Å². The average molecular weight is 301 g/mol. The van der Waals surface area contributed by atoms with Crippen molar-refractivity contribution >= 4 is 17.4 Å². The van der Waals surface area contributed by atoms with Gasteiger partial charge in [-0.3, -0.25) is 0 Å². The van der Waals surface area contributed by atoms with Gasteiger partial charge in [0, 0.05) is 5.56 Å². The van der Waals surface area contributed by atoms with Crippen molar-refractivity contribution in [2.45, 2.75) is 0 Å². The second kappa shape index (κ2) is 5.46. The molecule has 0 saturated carbocycles. The van der Waals surface area contributed by atoms with E-state index in [9.17, 15) is 0 Å². The second-order valence-corrected chi connectivity index (χ2v) is 4.82. The maximum atomic E-state index is 6.16. The van der Waals surface area contributed by atoms with Crippen LogP contribution in [0.3, 0.4) is 0 Å². The molecule has 2 N–H and O–H groups in total. The summed E-state index contributed by atoms with van der Waals surface area (Å²) in [7, 11) is 1.62. The number of hydrogen-bond donors (Lipinski definition) is 1. The Kier molecular flexibility index (Phi) is 3.50. The van der Waals surface area contributed by atoms with Crippen LogP contribution in [0.5, 0.6) is 5.75 Å². The molecule has 0 aliphatic rings. The maximum Gasteiger partial charge on any atom is 0.155 e. The van der Waals surface area contributed by atoms with Gasteiger partial charge in [0.2, 0.25) is 0 Å². The number of ether oxygens (including phenoxy) is 1. The number of rotatable bonds is 3. The molecule has 3 rings (SSSR count). The Morgan fingerprint density at radius 3 is 2.48 bits per heavy atom. The number of aromatic nitrogens is 3. The summed E-state index contributed by atoms with van der Waals surface area (Å²) < 4.78 is 6.67. The monoisotopic (exact) mass is 300 g/mol. The molecular weight excluding hydrogens is 288 g/mol. The highest BCUT2D eigenvalue weighted by molar-refractivity contribution is 6.32. The highest BCUT2D eigenvalue weighted by atomic mass is 35.5. The Labute approximate surface area is 126 Å². The molecule has 3 aromatic rings. The van der Waals surface area contributed by atoms with Crippen molar-refractivity contribution in [2.24, 2.45) is 0 Å². The molecule has 0 amide bonds. The van der Waals surface area contributed by atoms with Gasteiger partial charge in [0.1, 0.15) is 11.4 Å². The molecule has 0 unspecified atom stereocenters. The molecule has 6 heteroatoms. The lowest BCUT2D eigenvalue weighted by molar-refractivity contribution is 0.415. The third-order valence-electron chi connectivity index (χ3n) is 3.15. The van der Waals surface area contributed by atoms with Crippen LogP contribution in [-0.2, 0) is 0 Å². The first kappa shape index (κ1) is 13.5. The number of halogens is 1. The summed E-state index contributed by atoms with van der Waals surface area (Å²) in [6.07, 6.45) is 0. The van der Waals surface area contributed by atoms with Gasteiger partial charge < -0.3 is 10.5 Å². The van der Waals surface area contributed by atoms with Crippen molar-refractivity contribution in [3.63, 3.8) is 0 Å². The molecule has 2 aromatic carbocycles. The summed E-state index contributed by atoms with van der Waals surface area (Å²) in [4.78, 5) is 0. The molecule has 1 heterocycles. The Morgan fingerprint density at radius 2 is 1.81 bits per heavy atom. The van der Waals surface area contributed by atoms with Gasteiger partial charge in [0.25, 0.3) is 0 Å². The van der Waals surface area contributed by atoms with Crippen LogP contribution in [0.25, 0.3) is 16.9 Å². The van der Waals surface area contributed by atoms with Gasteiger partial charge in [-0.05, 0) is 36.4 Å². The minimum atomic E-state index is 0.438. The standard InChI is InChI=1S/C15H13ClN4O/c1-21-11-8-6-10(7-9-11)14-15(17)20(19-18-14)13-5-3-2-4-12(13)16/h2-9H,17H2,1H3. The fraction of sp³-hybridized carbons (Fsp3) is 0.0667. The average Bonchev–Trinajstić information content (AvgIpc) is 2.89. The van der Waals surface area contributed by atoms with Gasteiger partial charge in [-0.1, -0.05) is 28.9 Å². The van der Waals surface area contributed by atoms with E-state index >= 15 is 0 Å². The second-order valence-electron chi connectivity index (χ2n) is 4.42. The Hall–Kier alpha value is -2.53. The summed E-state index contributed by atoms with van der Waals surface area (Å²) in [5.74, 6) is 1.21. The molecule has 0 aliphatic carbocycles. The van der Waals surface area contributed by atoms with Crippen LogP contribution in [-0.4, -0.2) is 22.1 Å². The van der Waals surface area contributed by atoms with Gasteiger partial charge in [0.05, 0.1) is 17.8 Å². The van der Waals surface area contributed by atoms with E-state index in [4.69, 9.17) is 22.1 Å². The van der Waals surface area contributed by atoms with Crippen LogP contribution in [0.2, 0.25) is 5.02 Å². The Balaban J connectivity index is 2.05. The quantitative estimate of drug-likeness (QED) is 0.807. The van der Waals surface area contributed by atoms with Gasteiger partial charge >= 0.3 is 0 Å². The summed E-state index contributed by atoms with van der Waals surface area (Å²) in [6, 6.07) is 14.8. The number of para-hydroxylation sites is 1. The topological polar surface area (TPSA) is 66.0 Å². The zero-order valence-corrected chi connectivity index (χ0v) is 12.1. The van der Waals surface area contributed by atoms with Crippen LogP contribution in [0.4, 0.5) is 5.82 Å². The van der Waals surface area contributed by atoms with Crippen molar-refractivity contribution in [3.05, 3.63) is 53.6 Å². The zero-order chi connectivity index (χ0) is 14.8. The van der Waals surface area contributed by atoms with Crippen molar-refractivity contribution in [1.82, 2.24) is 15.0 Å². The van der Waals surface area contributed by atoms with Gasteiger partial charge in [-0.15, -0.1) is 5.10 Å². The number of nitrogens with zero attached hydrogens (tertiary/aromatic N) is 3. The lowest BCUT2D eigenvalue weighted by Crippen LogP contribution is -2.02. The number of anilines is 1. The highest BCUT2D eigenvalue weighted by Gasteiger charge is 2.14. The number of hydrogen-bond acceptors (Lipinski definition) is 4. The van der Waals surface area contributed by atoms with Gasteiger partial charge in [0.15, 0.2) is 5.82 Å². The van der Waals surface area contributed by atoms with Crippen LogP contribution in [0, 0.1) is 0 Å². The Morgan fingerprint density at radius 1 is 1.10 bits per heavy atom. The molecule has 0 atom stereocenters. The number of benzene rings is 2. The molecule has 0 aliphatic heterocycles. The number of nitrogen functional groups attached to an aromatic ring is 1. The fourth-order valence-electron chi connectivity index (χ4n) is 2.05. The normalized spacial score (nSPS) is 10.6. The van der Waals surface area contributed by atoms with E-state index < -0.39 is 0 Å². The molecule has 0 spiro atoms. The smallest absolute Gasteiger partial charge is 0.155 e.